The number of nitrogens with zero attached hydrogens (tertiary/aromatic N) is 1. The van der Waals surface area contributed by atoms with Crippen LogP contribution in [0.1, 0.15) is 59.3 Å². The fourth-order valence-electron chi connectivity index (χ4n) is 4.92. The minimum absolute atomic E-state index is 0.0205. The SMILES string of the molecule is CC[C@H]1Oc2ccc(NC(=O)c3ccc(Cl)cc3)cc2CN([C@H]2CCCc3ccccc32)C1=O. The molecule has 34 heavy (non-hydrogen) atoms. The summed E-state index contributed by atoms with van der Waals surface area (Å²) in [5.41, 5.74) is 4.62. The molecule has 1 N–H and O–H groups in total. The summed E-state index contributed by atoms with van der Waals surface area (Å²) in [5, 5.41) is 3.54. The van der Waals surface area contributed by atoms with E-state index in [4.69, 9.17) is 16.3 Å². The molecule has 174 valence electrons. The number of halogens is 1. The number of nitrogens with one attached hydrogen (secondary N) is 1. The minimum Gasteiger partial charge on any atom is -0.480 e. The zero-order valence-corrected chi connectivity index (χ0v) is 19.8. The van der Waals surface area contributed by atoms with Crippen molar-refractivity contribution in [3.63, 3.8) is 0 Å². The first kappa shape index (κ1) is 22.5. The molecule has 1 aliphatic carbocycles. The summed E-state index contributed by atoms with van der Waals surface area (Å²) in [6.07, 6.45) is 3.09. The summed E-state index contributed by atoms with van der Waals surface area (Å²) in [7, 11) is 0. The van der Waals surface area contributed by atoms with E-state index in [1.54, 1.807) is 24.3 Å². The van der Waals surface area contributed by atoms with Crippen LogP contribution in [0.2, 0.25) is 5.02 Å². The Morgan fingerprint density at radius 2 is 1.88 bits per heavy atom. The molecule has 6 heteroatoms. The molecule has 2 aliphatic rings. The van der Waals surface area contributed by atoms with Crippen LogP contribution in [-0.4, -0.2) is 22.8 Å². The Kier molecular flexibility index (Phi) is 6.29. The van der Waals surface area contributed by atoms with Gasteiger partial charge < -0.3 is 15.0 Å². The Bertz CT molecular complexity index is 1220. The second-order valence-corrected chi connectivity index (χ2v) is 9.31. The van der Waals surface area contributed by atoms with Crippen molar-refractivity contribution in [3.8, 4) is 5.75 Å². The van der Waals surface area contributed by atoms with Crippen LogP contribution >= 0.6 is 11.6 Å². The number of amides is 2. The third-order valence-corrected chi connectivity index (χ3v) is 6.93. The van der Waals surface area contributed by atoms with Crippen LogP contribution in [0.4, 0.5) is 5.69 Å². The fourth-order valence-corrected chi connectivity index (χ4v) is 5.05. The van der Waals surface area contributed by atoms with Crippen LogP contribution < -0.4 is 10.1 Å². The number of benzene rings is 3. The number of rotatable bonds is 4. The smallest absolute Gasteiger partial charge is 0.264 e. The zero-order valence-electron chi connectivity index (χ0n) is 19.1. The van der Waals surface area contributed by atoms with Gasteiger partial charge in [0.05, 0.1) is 12.6 Å². The second-order valence-electron chi connectivity index (χ2n) is 8.87. The van der Waals surface area contributed by atoms with Crippen molar-refractivity contribution in [1.29, 1.82) is 0 Å². The molecule has 0 radical (unpaired) electrons. The van der Waals surface area contributed by atoms with Crippen molar-refractivity contribution in [2.24, 2.45) is 0 Å². The highest BCUT2D eigenvalue weighted by Crippen LogP contribution is 2.39. The third kappa shape index (κ3) is 4.40. The average molecular weight is 475 g/mol. The van der Waals surface area contributed by atoms with Gasteiger partial charge in [0.15, 0.2) is 6.10 Å². The largest absolute Gasteiger partial charge is 0.480 e. The number of anilines is 1. The molecule has 0 saturated carbocycles. The van der Waals surface area contributed by atoms with Gasteiger partial charge in [0, 0.05) is 21.8 Å². The first-order valence-corrected chi connectivity index (χ1v) is 12.2. The van der Waals surface area contributed by atoms with Crippen LogP contribution in [0.25, 0.3) is 0 Å². The maximum atomic E-state index is 13.5. The monoisotopic (exact) mass is 474 g/mol. The lowest BCUT2D eigenvalue weighted by molar-refractivity contribution is -0.141. The van der Waals surface area contributed by atoms with E-state index < -0.39 is 6.10 Å². The molecule has 2 amide bonds. The summed E-state index contributed by atoms with van der Waals surface area (Å²) >= 11 is 5.94. The van der Waals surface area contributed by atoms with Crippen molar-refractivity contribution >= 4 is 29.1 Å². The average Bonchev–Trinajstić information content (AvgIpc) is 3.00. The normalized spacial score (nSPS) is 19.5. The molecule has 0 saturated heterocycles. The number of hydrogen-bond donors (Lipinski definition) is 1. The summed E-state index contributed by atoms with van der Waals surface area (Å²) in [6, 6.07) is 20.8. The molecule has 5 nitrogen and oxygen atoms in total. The van der Waals surface area contributed by atoms with E-state index in [-0.39, 0.29) is 17.9 Å². The highest BCUT2D eigenvalue weighted by Gasteiger charge is 2.36. The predicted molar refractivity (Wildman–Crippen MR) is 133 cm³/mol. The van der Waals surface area contributed by atoms with Crippen molar-refractivity contribution in [3.05, 3.63) is 94.0 Å². The second kappa shape index (κ2) is 9.51. The highest BCUT2D eigenvalue weighted by molar-refractivity contribution is 6.30. The molecule has 1 heterocycles. The van der Waals surface area contributed by atoms with Gasteiger partial charge in [-0.1, -0.05) is 42.8 Å². The Labute approximate surface area is 204 Å². The molecule has 0 bridgehead atoms. The molecule has 5 rings (SSSR count). The van der Waals surface area contributed by atoms with Gasteiger partial charge in [-0.05, 0) is 79.3 Å². The number of carbonyl (C=O) groups excluding carboxylic acids is 2. The molecular weight excluding hydrogens is 448 g/mol. The number of fused-ring (bicyclic) bond motifs is 2. The number of carbonyl (C=O) groups is 2. The third-order valence-electron chi connectivity index (χ3n) is 6.68. The summed E-state index contributed by atoms with van der Waals surface area (Å²) in [6.45, 7) is 2.41. The number of ether oxygens (including phenoxy) is 1. The van der Waals surface area contributed by atoms with Gasteiger partial charge in [0.25, 0.3) is 11.8 Å². The van der Waals surface area contributed by atoms with Crippen molar-refractivity contribution in [2.45, 2.75) is 51.3 Å². The summed E-state index contributed by atoms with van der Waals surface area (Å²) in [4.78, 5) is 28.2. The molecule has 3 aromatic rings. The van der Waals surface area contributed by atoms with Crippen LogP contribution in [-0.2, 0) is 17.8 Å². The lowest BCUT2D eigenvalue weighted by atomic mass is 9.86. The number of hydrogen-bond acceptors (Lipinski definition) is 3. The quantitative estimate of drug-likeness (QED) is 0.492. The van der Waals surface area contributed by atoms with Gasteiger partial charge >= 0.3 is 0 Å². The summed E-state index contributed by atoms with van der Waals surface area (Å²) in [5.74, 6) is 0.496. The predicted octanol–water partition coefficient (Wildman–Crippen LogP) is 6.17. The van der Waals surface area contributed by atoms with E-state index in [9.17, 15) is 9.59 Å². The van der Waals surface area contributed by atoms with Crippen LogP contribution in [0, 0.1) is 0 Å². The zero-order chi connectivity index (χ0) is 23.7. The lowest BCUT2D eigenvalue weighted by Gasteiger charge is -2.36. The van der Waals surface area contributed by atoms with Crippen molar-refractivity contribution < 1.29 is 14.3 Å². The molecule has 0 fully saturated rings. The standard InChI is InChI=1S/C28H27ClN2O3/c1-2-25-28(33)31(24-9-5-7-18-6-3-4-8-23(18)24)17-20-16-22(14-15-26(20)34-25)30-27(32)19-10-12-21(29)13-11-19/h3-4,6,8,10-16,24-25H,2,5,7,9,17H2,1H3,(H,30,32)/t24-,25+/m0/s1. The van der Waals surface area contributed by atoms with Gasteiger partial charge in [-0.3, -0.25) is 9.59 Å². The highest BCUT2D eigenvalue weighted by atomic mass is 35.5. The lowest BCUT2D eigenvalue weighted by Crippen LogP contribution is -2.42. The van der Waals surface area contributed by atoms with Crippen molar-refractivity contribution in [1.82, 2.24) is 4.90 Å². The summed E-state index contributed by atoms with van der Waals surface area (Å²) < 4.78 is 6.17. The van der Waals surface area contributed by atoms with Gasteiger partial charge in [-0.25, -0.2) is 0 Å². The Morgan fingerprint density at radius 3 is 2.68 bits per heavy atom. The topological polar surface area (TPSA) is 58.6 Å². The molecule has 1 aliphatic heterocycles. The van der Waals surface area contributed by atoms with Crippen LogP contribution in [0.3, 0.4) is 0 Å². The van der Waals surface area contributed by atoms with Gasteiger partial charge in [-0.15, -0.1) is 0 Å². The Morgan fingerprint density at radius 1 is 1.09 bits per heavy atom. The molecule has 0 unspecified atom stereocenters. The van der Waals surface area contributed by atoms with Gasteiger partial charge in [0.1, 0.15) is 5.75 Å². The molecule has 0 aromatic heterocycles. The molecule has 0 spiro atoms. The maximum absolute atomic E-state index is 13.5. The van der Waals surface area contributed by atoms with E-state index in [1.807, 2.05) is 36.1 Å². The molecule has 3 aromatic carbocycles. The van der Waals surface area contributed by atoms with Crippen LogP contribution in [0.15, 0.2) is 66.7 Å². The van der Waals surface area contributed by atoms with E-state index in [1.165, 1.54) is 11.1 Å². The molecular formula is C28H27ClN2O3. The van der Waals surface area contributed by atoms with Gasteiger partial charge in [-0.2, -0.15) is 0 Å². The Balaban J connectivity index is 1.45. The van der Waals surface area contributed by atoms with E-state index in [2.05, 4.69) is 23.5 Å². The van der Waals surface area contributed by atoms with E-state index >= 15 is 0 Å². The fraction of sp³-hybridized carbons (Fsp3) is 0.286. The Hall–Kier alpha value is -3.31. The van der Waals surface area contributed by atoms with E-state index in [0.29, 0.717) is 35.0 Å². The van der Waals surface area contributed by atoms with E-state index in [0.717, 1.165) is 24.8 Å². The minimum atomic E-state index is -0.523. The maximum Gasteiger partial charge on any atom is 0.264 e. The molecule has 2 atom stereocenters. The van der Waals surface area contributed by atoms with Crippen molar-refractivity contribution in [2.75, 3.05) is 5.32 Å². The van der Waals surface area contributed by atoms with Crippen LogP contribution in [0.5, 0.6) is 5.75 Å². The number of aryl methyl sites for hydroxylation is 1. The first-order chi connectivity index (χ1) is 16.5. The first-order valence-electron chi connectivity index (χ1n) is 11.8. The van der Waals surface area contributed by atoms with Gasteiger partial charge in [0.2, 0.25) is 0 Å².